The summed E-state index contributed by atoms with van der Waals surface area (Å²) in [6.45, 7) is 6.58. The lowest BCUT2D eigenvalue weighted by atomic mass is 10.0. The molecular weight excluding hydrogens is 901 g/mol. The van der Waals surface area contributed by atoms with Crippen LogP contribution in [-0.2, 0) is 28.6 Å². The van der Waals surface area contributed by atoms with Gasteiger partial charge in [-0.15, -0.1) is 0 Å². The van der Waals surface area contributed by atoms with Crippen molar-refractivity contribution >= 4 is 17.9 Å². The number of hydrogen-bond acceptors (Lipinski definition) is 6. The van der Waals surface area contributed by atoms with Gasteiger partial charge in [0.05, 0.1) is 0 Å². The Bertz CT molecular complexity index is 1270. The summed E-state index contributed by atoms with van der Waals surface area (Å²) in [6, 6.07) is 0. The van der Waals surface area contributed by atoms with Gasteiger partial charge in [0.15, 0.2) is 6.10 Å². The molecule has 0 aliphatic carbocycles. The first-order valence-electron chi connectivity index (χ1n) is 32.1. The van der Waals surface area contributed by atoms with Gasteiger partial charge in [-0.1, -0.05) is 288 Å². The minimum absolute atomic E-state index is 0.0737. The number of hydrogen-bond donors (Lipinski definition) is 0. The molecule has 0 aliphatic rings. The fourth-order valence-corrected chi connectivity index (χ4v) is 9.45. The maximum Gasteiger partial charge on any atom is 0.306 e. The third-order valence-corrected chi connectivity index (χ3v) is 14.3. The van der Waals surface area contributed by atoms with Crippen molar-refractivity contribution in [2.45, 2.75) is 348 Å². The molecule has 0 saturated carbocycles. The molecule has 1 unspecified atom stereocenters. The van der Waals surface area contributed by atoms with Gasteiger partial charge in [-0.2, -0.15) is 0 Å². The zero-order valence-corrected chi connectivity index (χ0v) is 48.9. The van der Waals surface area contributed by atoms with E-state index in [-0.39, 0.29) is 31.1 Å². The average molecular weight is 1020 g/mol. The van der Waals surface area contributed by atoms with Crippen molar-refractivity contribution in [3.8, 4) is 0 Å². The van der Waals surface area contributed by atoms with Crippen LogP contribution >= 0.6 is 0 Å². The van der Waals surface area contributed by atoms with Crippen molar-refractivity contribution in [2.24, 2.45) is 0 Å². The van der Waals surface area contributed by atoms with E-state index >= 15 is 0 Å². The molecule has 6 nitrogen and oxygen atoms in total. The lowest BCUT2D eigenvalue weighted by Gasteiger charge is -2.18. The number of unbranched alkanes of at least 4 members (excludes halogenated alkanes) is 40. The number of allylic oxidation sites excluding steroid dienone is 8. The van der Waals surface area contributed by atoms with E-state index in [0.29, 0.717) is 19.3 Å². The van der Waals surface area contributed by atoms with E-state index in [1.165, 1.54) is 218 Å². The van der Waals surface area contributed by atoms with Gasteiger partial charge < -0.3 is 14.2 Å². The van der Waals surface area contributed by atoms with E-state index in [1.807, 2.05) is 0 Å². The fraction of sp³-hybridized carbons (Fsp3) is 0.836. The summed E-state index contributed by atoms with van der Waals surface area (Å²) in [5.41, 5.74) is 0. The highest BCUT2D eigenvalue weighted by atomic mass is 16.6. The lowest BCUT2D eigenvalue weighted by Crippen LogP contribution is -2.30. The molecule has 0 bridgehead atoms. The van der Waals surface area contributed by atoms with Crippen LogP contribution < -0.4 is 0 Å². The highest BCUT2D eigenvalue weighted by molar-refractivity contribution is 5.71. The molecule has 6 heteroatoms. The fourth-order valence-electron chi connectivity index (χ4n) is 9.45. The van der Waals surface area contributed by atoms with Crippen LogP contribution in [0.1, 0.15) is 342 Å². The Kier molecular flexibility index (Phi) is 59.7. The molecule has 0 rings (SSSR count). The lowest BCUT2D eigenvalue weighted by molar-refractivity contribution is -0.167. The normalized spacial score (nSPS) is 12.3. The summed E-state index contributed by atoms with van der Waals surface area (Å²) in [4.78, 5) is 37.9. The van der Waals surface area contributed by atoms with Crippen LogP contribution in [0.5, 0.6) is 0 Å². The van der Waals surface area contributed by atoms with Gasteiger partial charge in [-0.3, -0.25) is 14.4 Å². The average Bonchev–Trinajstić information content (AvgIpc) is 3.39. The molecule has 426 valence electrons. The molecule has 0 aromatic rings. The number of carbonyl (C=O) groups is 3. The maximum atomic E-state index is 12.8. The van der Waals surface area contributed by atoms with Gasteiger partial charge in [0.25, 0.3) is 0 Å². The van der Waals surface area contributed by atoms with Crippen LogP contribution in [-0.4, -0.2) is 37.2 Å². The van der Waals surface area contributed by atoms with E-state index in [0.717, 1.165) is 83.5 Å². The highest BCUT2D eigenvalue weighted by Gasteiger charge is 2.19. The summed E-state index contributed by atoms with van der Waals surface area (Å²) in [7, 11) is 0. The standard InChI is InChI=1S/C67H122O6/c1-4-7-10-13-15-17-19-21-23-25-27-29-31-32-33-34-36-37-39-41-43-45-47-49-51-54-57-60-66(69)72-63-64(62-71-65(68)59-56-53-12-9-6-3)73-67(70)61-58-55-52-50-48-46-44-42-40-38-35-30-28-26-24-22-20-18-16-14-11-8-5-2/h20,22,25-28,35,38,64H,4-19,21,23-24,29-34,36-37,39-63H2,1-3H3/b22-20-,27-25-,28-26-,38-35-. The molecule has 0 fully saturated rings. The number of carbonyl (C=O) groups excluding carboxylic acids is 3. The largest absolute Gasteiger partial charge is 0.462 e. The summed E-state index contributed by atoms with van der Waals surface area (Å²) in [5, 5.41) is 0. The minimum atomic E-state index is -0.773. The number of rotatable bonds is 59. The maximum absolute atomic E-state index is 12.8. The predicted octanol–water partition coefficient (Wildman–Crippen LogP) is 21.8. The zero-order chi connectivity index (χ0) is 52.9. The van der Waals surface area contributed by atoms with Gasteiger partial charge in [0, 0.05) is 19.3 Å². The molecule has 0 radical (unpaired) electrons. The van der Waals surface area contributed by atoms with E-state index in [9.17, 15) is 14.4 Å². The van der Waals surface area contributed by atoms with Crippen LogP contribution in [0.15, 0.2) is 48.6 Å². The first kappa shape index (κ1) is 70.4. The molecule has 73 heavy (non-hydrogen) atoms. The number of esters is 3. The SMILES string of the molecule is CCCCCCC/C=C\C/C=C\C/C=C\CCCCCCCCCCC(=O)OC(COC(=O)CCCCCCC)COC(=O)CCCCCCCCCCCCCCCCC/C=C\CCCCCCCCCC. The molecule has 0 aromatic heterocycles. The van der Waals surface area contributed by atoms with Crippen molar-refractivity contribution in [1.29, 1.82) is 0 Å². The van der Waals surface area contributed by atoms with Gasteiger partial charge in [0.1, 0.15) is 13.2 Å². The Labute approximate surface area is 454 Å². The quantitative estimate of drug-likeness (QED) is 0.0261. The second kappa shape index (κ2) is 61.9. The topological polar surface area (TPSA) is 78.9 Å². The minimum Gasteiger partial charge on any atom is -0.462 e. The highest BCUT2D eigenvalue weighted by Crippen LogP contribution is 2.17. The van der Waals surface area contributed by atoms with Gasteiger partial charge in [-0.05, 0) is 83.5 Å². The monoisotopic (exact) mass is 1020 g/mol. The van der Waals surface area contributed by atoms with Gasteiger partial charge in [-0.25, -0.2) is 0 Å². The third kappa shape index (κ3) is 60.1. The summed E-state index contributed by atoms with van der Waals surface area (Å²) in [6.07, 6.45) is 77.4. The van der Waals surface area contributed by atoms with Crippen molar-refractivity contribution in [3.63, 3.8) is 0 Å². The molecule has 0 saturated heterocycles. The van der Waals surface area contributed by atoms with Crippen molar-refractivity contribution in [3.05, 3.63) is 48.6 Å². The Balaban J connectivity index is 4.02. The molecular formula is C67H122O6. The summed E-state index contributed by atoms with van der Waals surface area (Å²) < 4.78 is 16.8. The molecule has 0 heterocycles. The van der Waals surface area contributed by atoms with Crippen LogP contribution in [0.2, 0.25) is 0 Å². The van der Waals surface area contributed by atoms with E-state index in [2.05, 4.69) is 69.4 Å². The summed E-state index contributed by atoms with van der Waals surface area (Å²) in [5.74, 6) is -0.879. The van der Waals surface area contributed by atoms with Crippen molar-refractivity contribution < 1.29 is 28.6 Å². The Morgan fingerprint density at radius 3 is 0.781 bits per heavy atom. The molecule has 1 atom stereocenters. The first-order chi connectivity index (χ1) is 36.0. The molecule has 0 aliphatic heterocycles. The third-order valence-electron chi connectivity index (χ3n) is 14.3. The zero-order valence-electron chi connectivity index (χ0n) is 48.9. The second-order valence-electron chi connectivity index (χ2n) is 21.7. The Morgan fingerprint density at radius 2 is 0.493 bits per heavy atom. The molecule has 0 aromatic carbocycles. The van der Waals surface area contributed by atoms with Crippen LogP contribution in [0.25, 0.3) is 0 Å². The van der Waals surface area contributed by atoms with Crippen molar-refractivity contribution in [2.75, 3.05) is 13.2 Å². The number of ether oxygens (including phenoxy) is 3. The van der Waals surface area contributed by atoms with Crippen LogP contribution in [0, 0.1) is 0 Å². The summed E-state index contributed by atoms with van der Waals surface area (Å²) >= 11 is 0. The molecule has 0 amide bonds. The second-order valence-corrected chi connectivity index (χ2v) is 21.7. The predicted molar refractivity (Wildman–Crippen MR) is 316 cm³/mol. The van der Waals surface area contributed by atoms with Gasteiger partial charge in [0.2, 0.25) is 0 Å². The molecule has 0 spiro atoms. The van der Waals surface area contributed by atoms with E-state index in [1.54, 1.807) is 0 Å². The van der Waals surface area contributed by atoms with Gasteiger partial charge >= 0.3 is 17.9 Å². The molecule has 0 N–H and O–H groups in total. The van der Waals surface area contributed by atoms with Crippen molar-refractivity contribution in [1.82, 2.24) is 0 Å². The van der Waals surface area contributed by atoms with Crippen LogP contribution in [0.4, 0.5) is 0 Å². The van der Waals surface area contributed by atoms with E-state index < -0.39 is 6.10 Å². The van der Waals surface area contributed by atoms with E-state index in [4.69, 9.17) is 14.2 Å². The Hall–Kier alpha value is -2.63. The van der Waals surface area contributed by atoms with Crippen LogP contribution in [0.3, 0.4) is 0 Å². The first-order valence-corrected chi connectivity index (χ1v) is 32.1. The smallest absolute Gasteiger partial charge is 0.306 e. The Morgan fingerprint density at radius 1 is 0.274 bits per heavy atom.